The second kappa shape index (κ2) is 17.0. The summed E-state index contributed by atoms with van der Waals surface area (Å²) in [6.07, 6.45) is 0. The fourth-order valence-corrected chi connectivity index (χ4v) is 8.33. The molecule has 0 aliphatic heterocycles. The first-order valence-electron chi connectivity index (χ1n) is 21.4. The van der Waals surface area contributed by atoms with Gasteiger partial charge >= 0.3 is 0 Å². The molecule has 11 rings (SSSR count). The molecule has 0 aliphatic carbocycles. The van der Waals surface area contributed by atoms with E-state index >= 15 is 0 Å². The molecule has 11 aromatic rings. The van der Waals surface area contributed by atoms with Gasteiger partial charge in [-0.1, -0.05) is 224 Å². The fraction of sp³-hybridized carbons (Fsp3) is 0. The molecular formula is C59H39N5. The van der Waals surface area contributed by atoms with E-state index < -0.39 is 0 Å². The van der Waals surface area contributed by atoms with Crippen molar-refractivity contribution in [2.24, 2.45) is 0 Å². The molecule has 0 aliphatic rings. The summed E-state index contributed by atoms with van der Waals surface area (Å²) in [6.45, 7) is 0. The molecular weight excluding hydrogens is 779 g/mol. The quantitative estimate of drug-likeness (QED) is 0.145. The van der Waals surface area contributed by atoms with E-state index in [-0.39, 0.29) is 0 Å². The summed E-state index contributed by atoms with van der Waals surface area (Å²) < 4.78 is 0. The lowest BCUT2D eigenvalue weighted by molar-refractivity contribution is 1.07. The van der Waals surface area contributed by atoms with E-state index in [1.165, 1.54) is 10.9 Å². The second-order valence-electron chi connectivity index (χ2n) is 15.7. The number of hydrogen-bond acceptors (Lipinski definition) is 5. The zero-order valence-corrected chi connectivity index (χ0v) is 34.8. The topological polar surface area (TPSA) is 64.5 Å². The summed E-state index contributed by atoms with van der Waals surface area (Å²) in [6, 6.07) is 81.8. The third-order valence-corrected chi connectivity index (χ3v) is 11.6. The van der Waals surface area contributed by atoms with Gasteiger partial charge in [0.15, 0.2) is 23.3 Å². The molecule has 9 aromatic carbocycles. The van der Waals surface area contributed by atoms with Crippen molar-refractivity contribution in [3.8, 4) is 101 Å². The van der Waals surface area contributed by atoms with Crippen molar-refractivity contribution in [1.82, 2.24) is 24.9 Å². The first kappa shape index (κ1) is 38.3. The van der Waals surface area contributed by atoms with Gasteiger partial charge in [-0.3, -0.25) is 0 Å². The molecule has 0 bridgehead atoms. The van der Waals surface area contributed by atoms with Crippen molar-refractivity contribution in [3.05, 3.63) is 237 Å². The highest BCUT2D eigenvalue weighted by atomic mass is 15.0. The Bertz CT molecular complexity index is 3330. The van der Waals surface area contributed by atoms with Crippen LogP contribution in [0.3, 0.4) is 0 Å². The molecule has 0 N–H and O–H groups in total. The normalized spacial score (nSPS) is 11.1. The van der Waals surface area contributed by atoms with Gasteiger partial charge in [0.1, 0.15) is 0 Å². The van der Waals surface area contributed by atoms with Crippen LogP contribution in [0.5, 0.6) is 0 Å². The van der Waals surface area contributed by atoms with Crippen LogP contribution in [0.2, 0.25) is 0 Å². The standard InChI is InChI=1S/C59H39N5/c1-5-16-40(17-6-1)41-30-36-48(37-31-41)58-62-57(47-22-11-4-12-23-47)63-59(64-58)50-27-13-26-49(38-50)52-29-15-25-45-24-14-28-51(55(45)52)42-32-34-44(35-33-42)54-39-53(43-18-7-2-8-19-43)60-56(61-54)46-20-9-3-10-21-46/h1-39H. The van der Waals surface area contributed by atoms with Crippen molar-refractivity contribution < 1.29 is 0 Å². The lowest BCUT2D eigenvalue weighted by atomic mass is 9.90. The Hall–Kier alpha value is -8.67. The van der Waals surface area contributed by atoms with Gasteiger partial charge in [0, 0.05) is 33.4 Å². The second-order valence-corrected chi connectivity index (χ2v) is 15.7. The minimum atomic E-state index is 0.615. The Labute approximate surface area is 372 Å². The Morgan fingerprint density at radius 2 is 0.547 bits per heavy atom. The molecule has 0 saturated carbocycles. The SMILES string of the molecule is c1ccc(-c2ccc(-c3nc(-c4ccccc4)nc(-c4cccc(-c5cccc6cccc(-c7ccc(-c8cc(-c9ccccc9)nc(-c9ccccc9)n8)cc7)c56)c4)n3)cc2)cc1. The van der Waals surface area contributed by atoms with Crippen molar-refractivity contribution in [3.63, 3.8) is 0 Å². The van der Waals surface area contributed by atoms with E-state index in [9.17, 15) is 0 Å². The first-order valence-corrected chi connectivity index (χ1v) is 21.4. The van der Waals surface area contributed by atoms with Crippen LogP contribution in [0.25, 0.3) is 112 Å². The Morgan fingerprint density at radius 1 is 0.203 bits per heavy atom. The largest absolute Gasteiger partial charge is 0.228 e. The molecule has 0 saturated heterocycles. The number of aromatic nitrogens is 5. The zero-order chi connectivity index (χ0) is 42.7. The van der Waals surface area contributed by atoms with Crippen LogP contribution >= 0.6 is 0 Å². The molecule has 0 radical (unpaired) electrons. The molecule has 0 fully saturated rings. The summed E-state index contributed by atoms with van der Waals surface area (Å²) in [5.41, 5.74) is 14.3. The number of fused-ring (bicyclic) bond motifs is 1. The maximum Gasteiger partial charge on any atom is 0.164 e. The summed E-state index contributed by atoms with van der Waals surface area (Å²) >= 11 is 0. The van der Waals surface area contributed by atoms with E-state index in [2.05, 4.69) is 164 Å². The molecule has 2 aromatic heterocycles. The number of hydrogen-bond donors (Lipinski definition) is 0. The van der Waals surface area contributed by atoms with Crippen LogP contribution in [-0.4, -0.2) is 24.9 Å². The summed E-state index contributed by atoms with van der Waals surface area (Å²) in [7, 11) is 0. The Balaban J connectivity index is 0.973. The van der Waals surface area contributed by atoms with Gasteiger partial charge in [-0.2, -0.15) is 0 Å². The predicted molar refractivity (Wildman–Crippen MR) is 262 cm³/mol. The van der Waals surface area contributed by atoms with E-state index in [1.807, 2.05) is 72.8 Å². The number of rotatable bonds is 9. The average Bonchev–Trinajstić information content (AvgIpc) is 3.39. The minimum absolute atomic E-state index is 0.615. The molecule has 300 valence electrons. The van der Waals surface area contributed by atoms with E-state index in [0.717, 1.165) is 78.0 Å². The average molecular weight is 818 g/mol. The third kappa shape index (κ3) is 7.74. The lowest BCUT2D eigenvalue weighted by Gasteiger charge is -2.14. The first-order chi connectivity index (χ1) is 31.7. The highest BCUT2D eigenvalue weighted by Crippen LogP contribution is 2.39. The van der Waals surface area contributed by atoms with Crippen LogP contribution in [0, 0.1) is 0 Å². The van der Waals surface area contributed by atoms with Gasteiger partial charge in [0.25, 0.3) is 0 Å². The van der Waals surface area contributed by atoms with Crippen LogP contribution in [-0.2, 0) is 0 Å². The predicted octanol–water partition coefficient (Wildman–Crippen LogP) is 14.8. The van der Waals surface area contributed by atoms with E-state index in [4.69, 9.17) is 24.9 Å². The minimum Gasteiger partial charge on any atom is -0.228 e. The molecule has 0 unspecified atom stereocenters. The van der Waals surface area contributed by atoms with Gasteiger partial charge in [-0.05, 0) is 56.3 Å². The van der Waals surface area contributed by atoms with Crippen LogP contribution in [0.1, 0.15) is 0 Å². The van der Waals surface area contributed by atoms with E-state index in [0.29, 0.717) is 23.3 Å². The summed E-state index contributed by atoms with van der Waals surface area (Å²) in [5, 5.41) is 2.34. The van der Waals surface area contributed by atoms with Gasteiger partial charge in [-0.25, -0.2) is 24.9 Å². The van der Waals surface area contributed by atoms with Crippen molar-refractivity contribution in [2.75, 3.05) is 0 Å². The smallest absolute Gasteiger partial charge is 0.164 e. The number of nitrogens with zero attached hydrogens (tertiary/aromatic N) is 5. The highest BCUT2D eigenvalue weighted by Gasteiger charge is 2.16. The zero-order valence-electron chi connectivity index (χ0n) is 34.8. The molecule has 2 heterocycles. The number of benzene rings is 9. The third-order valence-electron chi connectivity index (χ3n) is 11.6. The van der Waals surface area contributed by atoms with E-state index in [1.54, 1.807) is 0 Å². The summed E-state index contributed by atoms with van der Waals surface area (Å²) in [4.78, 5) is 25.2. The van der Waals surface area contributed by atoms with Gasteiger partial charge in [0.05, 0.1) is 11.4 Å². The molecule has 0 atom stereocenters. The Morgan fingerprint density at radius 3 is 1.11 bits per heavy atom. The highest BCUT2D eigenvalue weighted by molar-refractivity contribution is 6.06. The maximum atomic E-state index is 5.11. The van der Waals surface area contributed by atoms with Gasteiger partial charge in [-0.15, -0.1) is 0 Å². The maximum absolute atomic E-state index is 5.11. The molecule has 0 amide bonds. The fourth-order valence-electron chi connectivity index (χ4n) is 8.33. The molecule has 5 nitrogen and oxygen atoms in total. The van der Waals surface area contributed by atoms with Gasteiger partial charge in [0.2, 0.25) is 0 Å². The van der Waals surface area contributed by atoms with Gasteiger partial charge < -0.3 is 0 Å². The Kier molecular flexibility index (Phi) is 10.2. The van der Waals surface area contributed by atoms with Crippen molar-refractivity contribution >= 4 is 10.8 Å². The monoisotopic (exact) mass is 817 g/mol. The lowest BCUT2D eigenvalue weighted by Crippen LogP contribution is -2.00. The van der Waals surface area contributed by atoms with Crippen molar-refractivity contribution in [1.29, 1.82) is 0 Å². The van der Waals surface area contributed by atoms with Crippen molar-refractivity contribution in [2.45, 2.75) is 0 Å². The summed E-state index contributed by atoms with van der Waals surface area (Å²) in [5.74, 6) is 2.57. The van der Waals surface area contributed by atoms with Crippen LogP contribution in [0.15, 0.2) is 237 Å². The van der Waals surface area contributed by atoms with Crippen LogP contribution in [0.4, 0.5) is 0 Å². The molecule has 5 heteroatoms. The molecule has 64 heavy (non-hydrogen) atoms. The van der Waals surface area contributed by atoms with Crippen LogP contribution < -0.4 is 0 Å². The molecule has 0 spiro atoms.